The lowest BCUT2D eigenvalue weighted by atomic mass is 10.1. The van der Waals surface area contributed by atoms with Crippen LogP contribution in [0.15, 0.2) is 42.5 Å². The van der Waals surface area contributed by atoms with Crippen molar-refractivity contribution < 1.29 is 4.74 Å². The monoisotopic (exact) mass is 299 g/mol. The molecule has 0 aliphatic carbocycles. The third-order valence-corrected chi connectivity index (χ3v) is 3.65. The highest BCUT2D eigenvalue weighted by atomic mass is 16.5. The van der Waals surface area contributed by atoms with Gasteiger partial charge in [-0.2, -0.15) is 0 Å². The quantitative estimate of drug-likeness (QED) is 0.608. The molecular weight excluding hydrogens is 274 g/mol. The molecule has 0 aliphatic rings. The molecule has 4 heteroatoms. The van der Waals surface area contributed by atoms with Crippen molar-refractivity contribution in [2.75, 3.05) is 43.7 Å². The van der Waals surface area contributed by atoms with Crippen molar-refractivity contribution in [1.82, 2.24) is 0 Å². The van der Waals surface area contributed by atoms with Crippen LogP contribution in [0.3, 0.4) is 0 Å². The summed E-state index contributed by atoms with van der Waals surface area (Å²) in [6, 6.07) is 14.4. The summed E-state index contributed by atoms with van der Waals surface area (Å²) in [7, 11) is 5.73. The maximum absolute atomic E-state index is 5.92. The molecular formula is C18H25N3O. The highest BCUT2D eigenvalue weighted by Gasteiger charge is 2.01. The number of anilines is 3. The summed E-state index contributed by atoms with van der Waals surface area (Å²) < 4.78 is 5.17. The fourth-order valence-electron chi connectivity index (χ4n) is 2.34. The molecule has 0 atom stereocenters. The molecule has 4 nitrogen and oxygen atoms in total. The van der Waals surface area contributed by atoms with E-state index in [4.69, 9.17) is 10.5 Å². The highest BCUT2D eigenvalue weighted by Crippen LogP contribution is 2.22. The number of nitrogens with two attached hydrogens (primary N) is 1. The number of nitrogens with one attached hydrogen (secondary N) is 1. The van der Waals surface area contributed by atoms with Crippen LogP contribution in [0.1, 0.15) is 12.0 Å². The number of nitrogen functional groups attached to an aromatic ring is 1. The summed E-state index contributed by atoms with van der Waals surface area (Å²) in [5.74, 6) is 0.739. The van der Waals surface area contributed by atoms with Crippen LogP contribution >= 0.6 is 0 Å². The van der Waals surface area contributed by atoms with Crippen LogP contribution in [0.5, 0.6) is 5.75 Å². The van der Waals surface area contributed by atoms with Crippen molar-refractivity contribution in [3.63, 3.8) is 0 Å². The van der Waals surface area contributed by atoms with Crippen molar-refractivity contribution >= 4 is 17.1 Å². The van der Waals surface area contributed by atoms with Crippen LogP contribution in [0.25, 0.3) is 0 Å². The zero-order valence-electron chi connectivity index (χ0n) is 13.6. The lowest BCUT2D eigenvalue weighted by Crippen LogP contribution is -2.08. The second kappa shape index (κ2) is 7.59. The number of ether oxygens (including phenoxy) is 1. The number of benzene rings is 2. The van der Waals surface area contributed by atoms with Crippen molar-refractivity contribution in [2.24, 2.45) is 0 Å². The molecule has 2 aromatic carbocycles. The smallest absolute Gasteiger partial charge is 0.141 e. The molecule has 2 aromatic rings. The van der Waals surface area contributed by atoms with Gasteiger partial charge in [-0.05, 0) is 54.8 Å². The van der Waals surface area contributed by atoms with Gasteiger partial charge < -0.3 is 20.7 Å². The van der Waals surface area contributed by atoms with Crippen LogP contribution in [-0.4, -0.2) is 27.7 Å². The molecule has 0 aromatic heterocycles. The molecule has 118 valence electrons. The van der Waals surface area contributed by atoms with Crippen molar-refractivity contribution in [2.45, 2.75) is 12.8 Å². The summed E-state index contributed by atoms with van der Waals surface area (Å²) in [5.41, 5.74) is 10.2. The molecule has 0 aliphatic heterocycles. The lowest BCUT2D eigenvalue weighted by Gasteiger charge is -2.13. The number of aryl methyl sites for hydroxylation is 1. The van der Waals surface area contributed by atoms with Crippen molar-refractivity contribution in [3.05, 3.63) is 48.0 Å². The van der Waals surface area contributed by atoms with E-state index in [0.717, 1.165) is 30.8 Å². The average Bonchev–Trinajstić information content (AvgIpc) is 2.52. The fraction of sp³-hybridized carbons (Fsp3) is 0.333. The Balaban J connectivity index is 1.78. The van der Waals surface area contributed by atoms with E-state index in [9.17, 15) is 0 Å². The molecule has 3 N–H and O–H groups in total. The summed E-state index contributed by atoms with van der Waals surface area (Å²) in [6.07, 6.45) is 2.05. The Kier molecular flexibility index (Phi) is 5.53. The van der Waals surface area contributed by atoms with Gasteiger partial charge >= 0.3 is 0 Å². The van der Waals surface area contributed by atoms with Crippen LogP contribution in [0, 0.1) is 0 Å². The normalized spacial score (nSPS) is 10.3. The lowest BCUT2D eigenvalue weighted by molar-refractivity contribution is 0.417. The van der Waals surface area contributed by atoms with Gasteiger partial charge in [0.25, 0.3) is 0 Å². The second-order valence-corrected chi connectivity index (χ2v) is 5.55. The minimum atomic E-state index is 0.701. The molecule has 2 rings (SSSR count). The van der Waals surface area contributed by atoms with Gasteiger partial charge in [0.1, 0.15) is 5.75 Å². The van der Waals surface area contributed by atoms with Gasteiger partial charge in [0, 0.05) is 32.0 Å². The second-order valence-electron chi connectivity index (χ2n) is 5.55. The van der Waals surface area contributed by atoms with Crippen LogP contribution < -0.4 is 20.7 Å². The number of methoxy groups -OCH3 is 1. The van der Waals surface area contributed by atoms with Gasteiger partial charge in [0.05, 0.1) is 12.8 Å². The number of hydrogen-bond donors (Lipinski definition) is 2. The maximum atomic E-state index is 5.92. The minimum Gasteiger partial charge on any atom is -0.495 e. The van der Waals surface area contributed by atoms with E-state index in [2.05, 4.69) is 40.5 Å². The maximum Gasteiger partial charge on any atom is 0.141 e. The Labute approximate surface area is 132 Å². The average molecular weight is 299 g/mol. The predicted octanol–water partition coefficient (Wildman–Crippen LogP) is 3.39. The molecule has 0 fully saturated rings. The summed E-state index contributed by atoms with van der Waals surface area (Å²) in [6.45, 7) is 0.938. The Morgan fingerprint density at radius 2 is 1.82 bits per heavy atom. The van der Waals surface area contributed by atoms with Gasteiger partial charge in [-0.25, -0.2) is 0 Å². The SMILES string of the molecule is COc1ccc(CCCNc2ccc(N(C)C)cc2)cc1N. The molecule has 0 unspecified atom stereocenters. The first kappa shape index (κ1) is 16.0. The van der Waals surface area contributed by atoms with E-state index in [1.54, 1.807) is 7.11 Å². The molecule has 0 saturated carbocycles. The molecule has 0 amide bonds. The van der Waals surface area contributed by atoms with Gasteiger partial charge in [0.2, 0.25) is 0 Å². The van der Waals surface area contributed by atoms with Gasteiger partial charge in [-0.3, -0.25) is 0 Å². The number of nitrogens with zero attached hydrogens (tertiary/aromatic N) is 1. The third-order valence-electron chi connectivity index (χ3n) is 3.65. The minimum absolute atomic E-state index is 0.701. The molecule has 22 heavy (non-hydrogen) atoms. The Morgan fingerprint density at radius 1 is 1.09 bits per heavy atom. The number of hydrogen-bond acceptors (Lipinski definition) is 4. The Morgan fingerprint density at radius 3 is 2.41 bits per heavy atom. The largest absolute Gasteiger partial charge is 0.495 e. The van der Waals surface area contributed by atoms with E-state index in [0.29, 0.717) is 5.69 Å². The number of rotatable bonds is 7. The Bertz CT molecular complexity index is 594. The first-order valence-electron chi connectivity index (χ1n) is 7.54. The molecule has 0 radical (unpaired) electrons. The van der Waals surface area contributed by atoms with Crippen molar-refractivity contribution in [1.29, 1.82) is 0 Å². The van der Waals surface area contributed by atoms with E-state index >= 15 is 0 Å². The van der Waals surface area contributed by atoms with Gasteiger partial charge in [-0.1, -0.05) is 6.07 Å². The van der Waals surface area contributed by atoms with Crippen LogP contribution in [0.4, 0.5) is 17.1 Å². The summed E-state index contributed by atoms with van der Waals surface area (Å²) in [4.78, 5) is 2.10. The van der Waals surface area contributed by atoms with E-state index < -0.39 is 0 Å². The van der Waals surface area contributed by atoms with Crippen molar-refractivity contribution in [3.8, 4) is 5.75 Å². The van der Waals surface area contributed by atoms with E-state index in [-0.39, 0.29) is 0 Å². The van der Waals surface area contributed by atoms with Gasteiger partial charge in [0.15, 0.2) is 0 Å². The zero-order chi connectivity index (χ0) is 15.9. The standard InChI is InChI=1S/C18H25N3O/c1-21(2)16-9-7-15(8-10-16)20-12-4-5-14-6-11-18(22-3)17(19)13-14/h6-11,13,20H,4-5,12,19H2,1-3H3. The van der Waals surface area contributed by atoms with E-state index in [1.807, 2.05) is 26.2 Å². The topological polar surface area (TPSA) is 50.5 Å². The first-order chi connectivity index (χ1) is 10.6. The molecule has 0 bridgehead atoms. The third kappa shape index (κ3) is 4.32. The predicted molar refractivity (Wildman–Crippen MR) is 95.0 cm³/mol. The first-order valence-corrected chi connectivity index (χ1v) is 7.54. The molecule has 0 heterocycles. The van der Waals surface area contributed by atoms with E-state index in [1.165, 1.54) is 11.3 Å². The van der Waals surface area contributed by atoms with Gasteiger partial charge in [-0.15, -0.1) is 0 Å². The zero-order valence-corrected chi connectivity index (χ0v) is 13.6. The van der Waals surface area contributed by atoms with Crippen LogP contribution in [-0.2, 0) is 6.42 Å². The molecule has 0 saturated heterocycles. The van der Waals surface area contributed by atoms with Crippen LogP contribution in [0.2, 0.25) is 0 Å². The summed E-state index contributed by atoms with van der Waals surface area (Å²) >= 11 is 0. The molecule has 0 spiro atoms. The fourth-order valence-corrected chi connectivity index (χ4v) is 2.34. The Hall–Kier alpha value is -2.36. The highest BCUT2D eigenvalue weighted by molar-refractivity contribution is 5.55. The summed E-state index contributed by atoms with van der Waals surface area (Å²) in [5, 5.41) is 3.44.